The molecule has 10 heteroatoms. The molecule has 1 aromatic carbocycles. The van der Waals surface area contributed by atoms with Crippen LogP contribution in [0.15, 0.2) is 18.5 Å². The van der Waals surface area contributed by atoms with Gasteiger partial charge in [0.25, 0.3) is 11.9 Å². The largest absolute Gasteiger partial charge is 0.491 e. The van der Waals surface area contributed by atoms with Crippen LogP contribution in [0.25, 0.3) is 5.95 Å². The molecule has 2 aromatic heterocycles. The molecule has 28 heavy (non-hydrogen) atoms. The number of carbonyl (C=O) groups is 1. The summed E-state index contributed by atoms with van der Waals surface area (Å²) in [6.07, 6.45) is 2.59. The second kappa shape index (κ2) is 7.29. The number of carbonyl (C=O) groups excluding carboxylic acids is 1. The number of nitrogens with one attached hydrogen (secondary N) is 1. The molecule has 7 nitrogen and oxygen atoms in total. The number of aromatic nitrogens is 4. The average Bonchev–Trinajstić information content (AvgIpc) is 2.93. The first-order valence-electron chi connectivity index (χ1n) is 8.12. The molecule has 3 aromatic rings. The summed E-state index contributed by atoms with van der Waals surface area (Å²) in [6, 6.07) is 0.455. The van der Waals surface area contributed by atoms with E-state index < -0.39 is 34.7 Å². The van der Waals surface area contributed by atoms with Crippen LogP contribution in [0.3, 0.4) is 0 Å². The summed E-state index contributed by atoms with van der Waals surface area (Å²) in [4.78, 5) is 20.5. The Balaban J connectivity index is 1.86. The summed E-state index contributed by atoms with van der Waals surface area (Å²) in [6.45, 7) is 5.65. The number of rotatable bonds is 4. The third-order valence-electron chi connectivity index (χ3n) is 4.30. The predicted octanol–water partition coefficient (Wildman–Crippen LogP) is 3.27. The number of nitrogens with zero attached hydrogens (tertiary/aromatic N) is 4. The zero-order valence-electron chi connectivity index (χ0n) is 15.5. The average molecular weight is 391 g/mol. The Morgan fingerprint density at radius 3 is 2.29 bits per heavy atom. The van der Waals surface area contributed by atoms with Crippen molar-refractivity contribution < 1.29 is 22.7 Å². The molecule has 0 aliphatic heterocycles. The Kier molecular flexibility index (Phi) is 5.04. The van der Waals surface area contributed by atoms with Crippen molar-refractivity contribution in [3.05, 3.63) is 58.4 Å². The first kappa shape index (κ1) is 19.3. The molecular weight excluding hydrogens is 375 g/mol. The van der Waals surface area contributed by atoms with Crippen molar-refractivity contribution in [3.63, 3.8) is 0 Å². The number of ether oxygens (including phenoxy) is 1. The Morgan fingerprint density at radius 2 is 1.75 bits per heavy atom. The molecule has 1 N–H and O–H groups in total. The van der Waals surface area contributed by atoms with Gasteiger partial charge in [0, 0.05) is 5.69 Å². The molecule has 0 fully saturated rings. The van der Waals surface area contributed by atoms with Crippen LogP contribution in [0, 0.1) is 38.2 Å². The van der Waals surface area contributed by atoms with Crippen molar-refractivity contribution in [2.24, 2.45) is 0 Å². The fourth-order valence-corrected chi connectivity index (χ4v) is 2.53. The summed E-state index contributed by atoms with van der Waals surface area (Å²) in [5.41, 5.74) is 2.12. The number of amides is 1. The molecule has 0 aliphatic carbocycles. The van der Waals surface area contributed by atoms with Gasteiger partial charge in [0.2, 0.25) is 5.82 Å². The molecule has 3 rings (SSSR count). The van der Waals surface area contributed by atoms with Crippen LogP contribution in [0.1, 0.15) is 27.3 Å². The number of aryl methyl sites for hydroxylation is 1. The van der Waals surface area contributed by atoms with Gasteiger partial charge >= 0.3 is 0 Å². The van der Waals surface area contributed by atoms with Crippen LogP contribution in [-0.2, 0) is 0 Å². The maximum Gasteiger partial charge on any atom is 0.258 e. The maximum atomic E-state index is 14.2. The second-order valence-corrected chi connectivity index (χ2v) is 6.00. The lowest BCUT2D eigenvalue weighted by Crippen LogP contribution is -2.16. The highest BCUT2D eigenvalue weighted by atomic mass is 19.2. The number of anilines is 1. The lowest BCUT2D eigenvalue weighted by Gasteiger charge is -2.10. The van der Waals surface area contributed by atoms with E-state index in [1.165, 1.54) is 12.4 Å². The monoisotopic (exact) mass is 391 g/mol. The van der Waals surface area contributed by atoms with Crippen molar-refractivity contribution in [2.45, 2.75) is 20.8 Å². The van der Waals surface area contributed by atoms with Gasteiger partial charge in [-0.05, 0) is 32.4 Å². The lowest BCUT2D eigenvalue weighted by molar-refractivity contribution is 0.102. The van der Waals surface area contributed by atoms with Gasteiger partial charge in [0.1, 0.15) is 0 Å². The van der Waals surface area contributed by atoms with Crippen molar-refractivity contribution in [3.8, 4) is 11.7 Å². The van der Waals surface area contributed by atoms with E-state index in [0.29, 0.717) is 6.07 Å². The molecule has 0 unspecified atom stereocenters. The molecule has 0 radical (unpaired) electrons. The van der Waals surface area contributed by atoms with Gasteiger partial charge in [-0.25, -0.2) is 23.4 Å². The fraction of sp³-hybridized carbons (Fsp3) is 0.222. The van der Waals surface area contributed by atoms with Gasteiger partial charge in [-0.15, -0.1) is 0 Å². The highest BCUT2D eigenvalue weighted by Gasteiger charge is 2.24. The summed E-state index contributed by atoms with van der Waals surface area (Å²) in [5, 5.41) is 6.66. The van der Waals surface area contributed by atoms with Gasteiger partial charge in [-0.1, -0.05) is 0 Å². The molecule has 0 saturated heterocycles. The molecule has 146 valence electrons. The number of methoxy groups -OCH3 is 1. The molecule has 1 amide bonds. The first-order chi connectivity index (χ1) is 13.2. The molecule has 2 heterocycles. The van der Waals surface area contributed by atoms with Crippen LogP contribution in [-0.4, -0.2) is 32.8 Å². The van der Waals surface area contributed by atoms with Gasteiger partial charge in [-0.2, -0.15) is 9.49 Å². The first-order valence-corrected chi connectivity index (χ1v) is 8.12. The fourth-order valence-electron chi connectivity index (χ4n) is 2.53. The minimum atomic E-state index is -1.51. The third-order valence-corrected chi connectivity index (χ3v) is 4.30. The predicted molar refractivity (Wildman–Crippen MR) is 94.2 cm³/mol. The number of hydrogen-bond donors (Lipinski definition) is 1. The normalized spacial score (nSPS) is 10.8. The molecule has 0 saturated carbocycles. The molecule has 0 aliphatic rings. The zero-order chi connectivity index (χ0) is 20.6. The highest BCUT2D eigenvalue weighted by molar-refractivity contribution is 6.04. The van der Waals surface area contributed by atoms with Crippen molar-refractivity contribution in [2.75, 3.05) is 12.4 Å². The number of halogens is 3. The molecule has 0 spiro atoms. The Hall–Kier alpha value is -3.43. The van der Waals surface area contributed by atoms with E-state index in [2.05, 4.69) is 25.1 Å². The topological polar surface area (TPSA) is 81.9 Å². The van der Waals surface area contributed by atoms with Crippen LogP contribution < -0.4 is 10.1 Å². The van der Waals surface area contributed by atoms with Crippen LogP contribution in [0.4, 0.5) is 18.9 Å². The smallest absolute Gasteiger partial charge is 0.258 e. The van der Waals surface area contributed by atoms with E-state index in [-0.39, 0.29) is 11.6 Å². The Bertz CT molecular complexity index is 1060. The van der Waals surface area contributed by atoms with Crippen LogP contribution >= 0.6 is 0 Å². The van der Waals surface area contributed by atoms with E-state index in [1.807, 2.05) is 20.8 Å². The lowest BCUT2D eigenvalue weighted by atomic mass is 10.1. The number of hydrogen-bond acceptors (Lipinski definition) is 5. The standard InChI is InChI=1S/C18H16F3N5O2/c1-8-9(2)25-26(10(8)3)18-22-6-11(7-23-18)24-17(27)12-5-13(19)15(21)16(28-4)14(12)20/h5-7H,1-4H3,(H,24,27). The highest BCUT2D eigenvalue weighted by Crippen LogP contribution is 2.27. The zero-order valence-corrected chi connectivity index (χ0v) is 15.5. The van der Waals surface area contributed by atoms with E-state index in [9.17, 15) is 18.0 Å². The maximum absolute atomic E-state index is 14.2. The quantitative estimate of drug-likeness (QED) is 0.691. The van der Waals surface area contributed by atoms with E-state index in [1.54, 1.807) is 4.68 Å². The van der Waals surface area contributed by atoms with E-state index in [4.69, 9.17) is 0 Å². The summed E-state index contributed by atoms with van der Waals surface area (Å²) >= 11 is 0. The third kappa shape index (κ3) is 3.28. The summed E-state index contributed by atoms with van der Waals surface area (Å²) < 4.78 is 47.3. The molecule has 0 bridgehead atoms. The van der Waals surface area contributed by atoms with E-state index in [0.717, 1.165) is 24.1 Å². The van der Waals surface area contributed by atoms with Gasteiger partial charge in [-0.3, -0.25) is 4.79 Å². The van der Waals surface area contributed by atoms with E-state index >= 15 is 0 Å². The Labute approximate surface area is 158 Å². The number of benzene rings is 1. The second-order valence-electron chi connectivity index (χ2n) is 6.00. The van der Waals surface area contributed by atoms with Crippen molar-refractivity contribution in [1.82, 2.24) is 19.7 Å². The summed E-state index contributed by atoms with van der Waals surface area (Å²) in [7, 11) is 0.968. The van der Waals surface area contributed by atoms with Crippen LogP contribution in [0.5, 0.6) is 5.75 Å². The van der Waals surface area contributed by atoms with Gasteiger partial charge < -0.3 is 10.1 Å². The molecule has 0 atom stereocenters. The SMILES string of the molecule is COc1c(F)c(F)cc(C(=O)Nc2cnc(-n3nc(C)c(C)c3C)nc2)c1F. The Morgan fingerprint density at radius 1 is 1.11 bits per heavy atom. The minimum absolute atomic E-state index is 0.134. The van der Waals surface area contributed by atoms with Gasteiger partial charge in [0.05, 0.1) is 36.4 Å². The van der Waals surface area contributed by atoms with Crippen LogP contribution in [0.2, 0.25) is 0 Å². The van der Waals surface area contributed by atoms with Crippen molar-refractivity contribution >= 4 is 11.6 Å². The minimum Gasteiger partial charge on any atom is -0.491 e. The summed E-state index contributed by atoms with van der Waals surface area (Å²) in [5.74, 6) is -5.93. The van der Waals surface area contributed by atoms with Gasteiger partial charge in [0.15, 0.2) is 17.4 Å². The molecular formula is C18H16F3N5O2. The van der Waals surface area contributed by atoms with Crippen molar-refractivity contribution in [1.29, 1.82) is 0 Å².